The maximum atomic E-state index is 11.9. The van der Waals surface area contributed by atoms with Crippen LogP contribution in [0.2, 0.25) is 0 Å². The van der Waals surface area contributed by atoms with Gasteiger partial charge in [0.2, 0.25) is 0 Å². The summed E-state index contributed by atoms with van der Waals surface area (Å²) < 4.78 is 1.09. The molecule has 0 bridgehead atoms. The van der Waals surface area contributed by atoms with Gasteiger partial charge in [-0.2, -0.15) is 0 Å². The predicted octanol–water partition coefficient (Wildman–Crippen LogP) is 0.728. The Kier molecular flexibility index (Phi) is 2.85. The second kappa shape index (κ2) is 4.33. The van der Waals surface area contributed by atoms with Gasteiger partial charge < -0.3 is 10.8 Å². The monoisotopic (exact) mass is 245 g/mol. The summed E-state index contributed by atoms with van der Waals surface area (Å²) in [7, 11) is 1.42. The standard InChI is InChI=1S/C12H11N3O3/c1-15-9(13)6-7(8-4-2-3-5-14-8)10(11(15)16)12(17)18/h2-6H,13H2,1H3,(H,17,18). The highest BCUT2D eigenvalue weighted by Crippen LogP contribution is 2.21. The summed E-state index contributed by atoms with van der Waals surface area (Å²) in [6.07, 6.45) is 1.52. The molecular weight excluding hydrogens is 234 g/mol. The Hall–Kier alpha value is -2.63. The fraction of sp³-hybridized carbons (Fsp3) is 0.0833. The zero-order valence-electron chi connectivity index (χ0n) is 9.62. The molecule has 0 aromatic carbocycles. The fourth-order valence-electron chi connectivity index (χ4n) is 1.65. The normalized spacial score (nSPS) is 10.3. The molecule has 0 spiro atoms. The first-order valence-electron chi connectivity index (χ1n) is 5.16. The van der Waals surface area contributed by atoms with Gasteiger partial charge >= 0.3 is 5.97 Å². The van der Waals surface area contributed by atoms with E-state index in [2.05, 4.69) is 4.98 Å². The number of nitrogen functional groups attached to an aromatic ring is 1. The minimum absolute atomic E-state index is 0.186. The summed E-state index contributed by atoms with van der Waals surface area (Å²) in [5.74, 6) is -1.11. The van der Waals surface area contributed by atoms with E-state index in [9.17, 15) is 9.59 Å². The number of pyridine rings is 2. The third-order valence-corrected chi connectivity index (χ3v) is 2.62. The number of aromatic carboxylic acids is 1. The van der Waals surface area contributed by atoms with Crippen molar-refractivity contribution < 1.29 is 9.90 Å². The van der Waals surface area contributed by atoms with E-state index in [1.54, 1.807) is 18.2 Å². The number of anilines is 1. The van der Waals surface area contributed by atoms with E-state index in [-0.39, 0.29) is 16.9 Å². The minimum atomic E-state index is -1.30. The number of rotatable bonds is 2. The van der Waals surface area contributed by atoms with Crippen molar-refractivity contribution in [3.8, 4) is 11.3 Å². The molecule has 0 aliphatic heterocycles. The molecule has 92 valence electrons. The molecule has 6 nitrogen and oxygen atoms in total. The lowest BCUT2D eigenvalue weighted by Crippen LogP contribution is -2.27. The molecule has 0 radical (unpaired) electrons. The van der Waals surface area contributed by atoms with E-state index in [0.29, 0.717) is 5.69 Å². The van der Waals surface area contributed by atoms with E-state index in [4.69, 9.17) is 10.8 Å². The first-order valence-corrected chi connectivity index (χ1v) is 5.16. The molecule has 0 amide bonds. The molecule has 6 heteroatoms. The van der Waals surface area contributed by atoms with Crippen LogP contribution < -0.4 is 11.3 Å². The van der Waals surface area contributed by atoms with Gasteiger partial charge in [0.1, 0.15) is 11.4 Å². The Morgan fingerprint density at radius 3 is 2.72 bits per heavy atom. The molecule has 2 aromatic rings. The Morgan fingerprint density at radius 2 is 2.17 bits per heavy atom. The van der Waals surface area contributed by atoms with Crippen LogP contribution in [0, 0.1) is 0 Å². The first kappa shape index (κ1) is 11.8. The van der Waals surface area contributed by atoms with Gasteiger partial charge in [0.15, 0.2) is 0 Å². The summed E-state index contributed by atoms with van der Waals surface area (Å²) in [4.78, 5) is 27.1. The van der Waals surface area contributed by atoms with Crippen LogP contribution in [0.1, 0.15) is 10.4 Å². The molecule has 0 saturated heterocycles. The van der Waals surface area contributed by atoms with Crippen LogP contribution in [-0.2, 0) is 7.05 Å². The minimum Gasteiger partial charge on any atom is -0.477 e. The van der Waals surface area contributed by atoms with E-state index in [1.807, 2.05) is 0 Å². The van der Waals surface area contributed by atoms with Crippen LogP contribution >= 0.6 is 0 Å². The van der Waals surface area contributed by atoms with Gasteiger partial charge in [-0.1, -0.05) is 6.07 Å². The second-order valence-electron chi connectivity index (χ2n) is 3.74. The quantitative estimate of drug-likeness (QED) is 0.812. The van der Waals surface area contributed by atoms with Crippen molar-refractivity contribution in [1.82, 2.24) is 9.55 Å². The topological polar surface area (TPSA) is 98.2 Å². The van der Waals surface area contributed by atoms with Gasteiger partial charge in [-0.25, -0.2) is 4.79 Å². The lowest BCUT2D eigenvalue weighted by atomic mass is 10.1. The zero-order valence-corrected chi connectivity index (χ0v) is 9.62. The number of hydrogen-bond donors (Lipinski definition) is 2. The Balaban J connectivity index is 2.83. The largest absolute Gasteiger partial charge is 0.477 e. The number of carboxylic acids is 1. The lowest BCUT2D eigenvalue weighted by molar-refractivity contribution is 0.0695. The third kappa shape index (κ3) is 1.84. The fourth-order valence-corrected chi connectivity index (χ4v) is 1.65. The predicted molar refractivity (Wildman–Crippen MR) is 66.3 cm³/mol. The van der Waals surface area contributed by atoms with Crippen molar-refractivity contribution in [2.75, 3.05) is 5.73 Å². The van der Waals surface area contributed by atoms with Crippen molar-refractivity contribution in [1.29, 1.82) is 0 Å². The van der Waals surface area contributed by atoms with Crippen LogP contribution in [0.15, 0.2) is 35.3 Å². The molecule has 0 atom stereocenters. The smallest absolute Gasteiger partial charge is 0.342 e. The van der Waals surface area contributed by atoms with Crippen molar-refractivity contribution in [2.24, 2.45) is 7.05 Å². The summed E-state index contributed by atoms with van der Waals surface area (Å²) in [6, 6.07) is 6.48. The Bertz CT molecular complexity index is 662. The number of hydrogen-bond acceptors (Lipinski definition) is 4. The molecule has 0 aliphatic rings. The van der Waals surface area contributed by atoms with Crippen molar-refractivity contribution in [3.63, 3.8) is 0 Å². The molecule has 0 aliphatic carbocycles. The summed E-state index contributed by atoms with van der Waals surface area (Å²) in [6.45, 7) is 0. The van der Waals surface area contributed by atoms with Gasteiger partial charge in [0, 0.05) is 18.8 Å². The Morgan fingerprint density at radius 1 is 1.44 bits per heavy atom. The van der Waals surface area contributed by atoms with Crippen molar-refractivity contribution in [3.05, 3.63) is 46.4 Å². The second-order valence-corrected chi connectivity index (χ2v) is 3.74. The van der Waals surface area contributed by atoms with Gasteiger partial charge in [-0.05, 0) is 18.2 Å². The highest BCUT2D eigenvalue weighted by Gasteiger charge is 2.19. The maximum absolute atomic E-state index is 11.9. The number of nitrogens with zero attached hydrogens (tertiary/aromatic N) is 2. The molecule has 2 rings (SSSR count). The highest BCUT2D eigenvalue weighted by atomic mass is 16.4. The van der Waals surface area contributed by atoms with Crippen LogP contribution in [0.3, 0.4) is 0 Å². The van der Waals surface area contributed by atoms with E-state index >= 15 is 0 Å². The Labute approximate surface area is 102 Å². The average Bonchev–Trinajstić information content (AvgIpc) is 2.36. The SMILES string of the molecule is Cn1c(N)cc(-c2ccccn2)c(C(=O)O)c1=O. The molecule has 18 heavy (non-hydrogen) atoms. The summed E-state index contributed by atoms with van der Waals surface area (Å²) in [5, 5.41) is 9.14. The summed E-state index contributed by atoms with van der Waals surface area (Å²) in [5.41, 5.74) is 5.32. The van der Waals surface area contributed by atoms with Crippen LogP contribution in [-0.4, -0.2) is 20.6 Å². The van der Waals surface area contributed by atoms with Crippen LogP contribution in [0.5, 0.6) is 0 Å². The number of carbonyl (C=O) groups is 1. The molecule has 2 aromatic heterocycles. The van der Waals surface area contributed by atoms with Crippen LogP contribution in [0.4, 0.5) is 5.82 Å². The molecule has 0 unspecified atom stereocenters. The highest BCUT2D eigenvalue weighted by molar-refractivity contribution is 5.95. The molecular formula is C12H11N3O3. The van der Waals surface area contributed by atoms with Crippen molar-refractivity contribution in [2.45, 2.75) is 0 Å². The van der Waals surface area contributed by atoms with Crippen molar-refractivity contribution >= 4 is 11.8 Å². The van der Waals surface area contributed by atoms with E-state index in [0.717, 1.165) is 4.57 Å². The molecule has 0 saturated carbocycles. The van der Waals surface area contributed by atoms with E-state index in [1.165, 1.54) is 19.3 Å². The van der Waals surface area contributed by atoms with Gasteiger partial charge in [0.05, 0.1) is 5.69 Å². The average molecular weight is 245 g/mol. The first-order chi connectivity index (χ1) is 8.52. The lowest BCUT2D eigenvalue weighted by Gasteiger charge is -2.09. The number of carboxylic acid groups (broad SMARTS) is 1. The number of aromatic nitrogens is 2. The zero-order chi connectivity index (χ0) is 13.3. The summed E-state index contributed by atoms with van der Waals surface area (Å²) >= 11 is 0. The molecule has 0 fully saturated rings. The van der Waals surface area contributed by atoms with Gasteiger partial charge in [-0.3, -0.25) is 14.3 Å². The third-order valence-electron chi connectivity index (χ3n) is 2.62. The number of nitrogens with two attached hydrogens (primary N) is 1. The van der Waals surface area contributed by atoms with Crippen LogP contribution in [0.25, 0.3) is 11.3 Å². The molecule has 2 heterocycles. The molecule has 3 N–H and O–H groups in total. The maximum Gasteiger partial charge on any atom is 0.342 e. The van der Waals surface area contributed by atoms with Gasteiger partial charge in [-0.15, -0.1) is 0 Å². The van der Waals surface area contributed by atoms with E-state index < -0.39 is 11.5 Å². The van der Waals surface area contributed by atoms with Gasteiger partial charge in [0.25, 0.3) is 5.56 Å².